The standard InChI is InChI=1S/C18H27FN2O4S/c1-4-6-13(2)20-18(22)14-7-5-10-21(12-14)26(23,24)17-11-15(19)8-9-16(17)25-3/h8-9,11,13-14H,4-7,10,12H2,1-3H3,(H,20,22)/t13-,14-/m1/s1. The van der Waals surface area contributed by atoms with E-state index in [0.717, 1.165) is 25.0 Å². The number of halogens is 1. The molecule has 0 saturated carbocycles. The molecule has 0 aromatic heterocycles. The van der Waals surface area contributed by atoms with Gasteiger partial charge in [0.15, 0.2) is 0 Å². The quantitative estimate of drug-likeness (QED) is 0.781. The third-order valence-corrected chi connectivity index (χ3v) is 6.50. The van der Waals surface area contributed by atoms with Crippen molar-refractivity contribution in [1.29, 1.82) is 0 Å². The molecule has 8 heteroatoms. The summed E-state index contributed by atoms with van der Waals surface area (Å²) in [6, 6.07) is 3.46. The maximum atomic E-state index is 13.6. The highest BCUT2D eigenvalue weighted by molar-refractivity contribution is 7.89. The first-order chi connectivity index (χ1) is 12.3. The zero-order valence-corrected chi connectivity index (χ0v) is 16.3. The van der Waals surface area contributed by atoms with Gasteiger partial charge in [-0.3, -0.25) is 4.79 Å². The van der Waals surface area contributed by atoms with Crippen LogP contribution in [0.1, 0.15) is 39.5 Å². The summed E-state index contributed by atoms with van der Waals surface area (Å²) in [7, 11) is -2.60. The molecular formula is C18H27FN2O4S. The van der Waals surface area contributed by atoms with E-state index in [2.05, 4.69) is 5.32 Å². The van der Waals surface area contributed by atoms with E-state index >= 15 is 0 Å². The van der Waals surface area contributed by atoms with Crippen LogP contribution in [-0.4, -0.2) is 44.9 Å². The molecule has 1 aromatic carbocycles. The largest absolute Gasteiger partial charge is 0.495 e. The molecule has 6 nitrogen and oxygen atoms in total. The minimum Gasteiger partial charge on any atom is -0.495 e. The summed E-state index contributed by atoms with van der Waals surface area (Å²) in [4.78, 5) is 12.2. The Labute approximate surface area is 154 Å². The lowest BCUT2D eigenvalue weighted by atomic mass is 9.98. The summed E-state index contributed by atoms with van der Waals surface area (Å²) in [5, 5.41) is 2.95. The van der Waals surface area contributed by atoms with Gasteiger partial charge in [0, 0.05) is 19.1 Å². The van der Waals surface area contributed by atoms with Crippen LogP contribution in [0.3, 0.4) is 0 Å². The molecule has 1 heterocycles. The summed E-state index contributed by atoms with van der Waals surface area (Å²) in [6.45, 7) is 4.38. The van der Waals surface area contributed by atoms with Gasteiger partial charge >= 0.3 is 0 Å². The molecule has 2 rings (SSSR count). The highest BCUT2D eigenvalue weighted by atomic mass is 32.2. The third-order valence-electron chi connectivity index (χ3n) is 4.61. The van der Waals surface area contributed by atoms with E-state index in [1.54, 1.807) is 0 Å². The molecule has 0 radical (unpaired) electrons. The summed E-state index contributed by atoms with van der Waals surface area (Å²) in [5.41, 5.74) is 0. The second kappa shape index (κ2) is 8.81. The number of piperidine rings is 1. The number of amides is 1. The summed E-state index contributed by atoms with van der Waals surface area (Å²) in [6.07, 6.45) is 3.06. The van der Waals surface area contributed by atoms with Gasteiger partial charge in [0.25, 0.3) is 0 Å². The van der Waals surface area contributed by atoms with Crippen LogP contribution in [-0.2, 0) is 14.8 Å². The first-order valence-corrected chi connectivity index (χ1v) is 10.4. The summed E-state index contributed by atoms with van der Waals surface area (Å²) >= 11 is 0. The Morgan fingerprint density at radius 1 is 1.46 bits per heavy atom. The molecular weight excluding hydrogens is 359 g/mol. The van der Waals surface area contributed by atoms with E-state index in [4.69, 9.17) is 4.74 Å². The van der Waals surface area contributed by atoms with Gasteiger partial charge in [-0.25, -0.2) is 12.8 Å². The smallest absolute Gasteiger partial charge is 0.246 e. The normalized spacial score (nSPS) is 19.8. The van der Waals surface area contributed by atoms with Crippen LogP contribution in [0.5, 0.6) is 5.75 Å². The molecule has 1 amide bonds. The molecule has 0 bridgehead atoms. The number of nitrogens with one attached hydrogen (secondary N) is 1. The monoisotopic (exact) mass is 386 g/mol. The van der Waals surface area contributed by atoms with Crippen LogP contribution in [0.4, 0.5) is 4.39 Å². The van der Waals surface area contributed by atoms with Crippen LogP contribution < -0.4 is 10.1 Å². The van der Waals surface area contributed by atoms with Gasteiger partial charge in [-0.2, -0.15) is 4.31 Å². The van der Waals surface area contributed by atoms with Crippen molar-refractivity contribution in [3.05, 3.63) is 24.0 Å². The number of ether oxygens (including phenoxy) is 1. The lowest BCUT2D eigenvalue weighted by molar-refractivity contribution is -0.126. The van der Waals surface area contributed by atoms with Crippen molar-refractivity contribution in [2.45, 2.75) is 50.5 Å². The van der Waals surface area contributed by atoms with E-state index in [-0.39, 0.29) is 29.1 Å². The predicted molar refractivity (Wildman–Crippen MR) is 96.9 cm³/mol. The van der Waals surface area contributed by atoms with Gasteiger partial charge in [-0.15, -0.1) is 0 Å². The van der Waals surface area contributed by atoms with Crippen molar-refractivity contribution in [3.8, 4) is 5.75 Å². The zero-order valence-electron chi connectivity index (χ0n) is 15.5. The number of hydrogen-bond acceptors (Lipinski definition) is 4. The Balaban J connectivity index is 2.18. The van der Waals surface area contributed by atoms with Crippen LogP contribution in [0.25, 0.3) is 0 Å². The van der Waals surface area contributed by atoms with Crippen LogP contribution in [0.2, 0.25) is 0 Å². The van der Waals surface area contributed by atoms with Gasteiger partial charge in [0.2, 0.25) is 15.9 Å². The van der Waals surface area contributed by atoms with Crippen molar-refractivity contribution in [2.24, 2.45) is 5.92 Å². The highest BCUT2D eigenvalue weighted by Gasteiger charge is 2.35. The fourth-order valence-electron chi connectivity index (χ4n) is 3.23. The highest BCUT2D eigenvalue weighted by Crippen LogP contribution is 2.30. The average molecular weight is 386 g/mol. The third kappa shape index (κ3) is 4.73. The molecule has 146 valence electrons. The van der Waals surface area contributed by atoms with E-state index in [1.807, 2.05) is 13.8 Å². The summed E-state index contributed by atoms with van der Waals surface area (Å²) < 4.78 is 45.9. The lowest BCUT2D eigenvalue weighted by Gasteiger charge is -2.32. The molecule has 1 aliphatic heterocycles. The molecule has 1 fully saturated rings. The van der Waals surface area contributed by atoms with Crippen molar-refractivity contribution < 1.29 is 22.3 Å². The molecule has 0 spiro atoms. The molecule has 1 saturated heterocycles. The first kappa shape index (κ1) is 20.6. The van der Waals surface area contributed by atoms with Crippen molar-refractivity contribution in [2.75, 3.05) is 20.2 Å². The number of carbonyl (C=O) groups excluding carboxylic acids is 1. The Hall–Kier alpha value is -1.67. The molecule has 1 N–H and O–H groups in total. The summed E-state index contributed by atoms with van der Waals surface area (Å²) in [5.74, 6) is -1.09. The van der Waals surface area contributed by atoms with Crippen LogP contribution >= 0.6 is 0 Å². The van der Waals surface area contributed by atoms with Gasteiger partial charge in [0.05, 0.1) is 13.0 Å². The Morgan fingerprint density at radius 3 is 2.85 bits per heavy atom. The topological polar surface area (TPSA) is 75.7 Å². The van der Waals surface area contributed by atoms with Gasteiger partial charge in [-0.1, -0.05) is 13.3 Å². The van der Waals surface area contributed by atoms with E-state index < -0.39 is 21.8 Å². The molecule has 0 unspecified atom stereocenters. The van der Waals surface area contributed by atoms with Gasteiger partial charge < -0.3 is 10.1 Å². The number of methoxy groups -OCH3 is 1. The molecule has 2 atom stereocenters. The minimum atomic E-state index is -3.94. The van der Waals surface area contributed by atoms with Gasteiger partial charge in [0.1, 0.15) is 16.5 Å². The van der Waals surface area contributed by atoms with E-state index in [0.29, 0.717) is 19.4 Å². The second-order valence-corrected chi connectivity index (χ2v) is 8.60. The maximum Gasteiger partial charge on any atom is 0.246 e. The number of rotatable bonds is 7. The molecule has 1 aliphatic rings. The molecule has 1 aromatic rings. The first-order valence-electron chi connectivity index (χ1n) is 8.93. The minimum absolute atomic E-state index is 0.0581. The van der Waals surface area contributed by atoms with E-state index in [9.17, 15) is 17.6 Å². The lowest BCUT2D eigenvalue weighted by Crippen LogP contribution is -2.47. The fraction of sp³-hybridized carbons (Fsp3) is 0.611. The second-order valence-electron chi connectivity index (χ2n) is 6.70. The number of benzene rings is 1. The number of hydrogen-bond donors (Lipinski definition) is 1. The predicted octanol–water partition coefficient (Wildman–Crippen LogP) is 2.54. The van der Waals surface area contributed by atoms with Crippen molar-refractivity contribution in [3.63, 3.8) is 0 Å². The van der Waals surface area contributed by atoms with Crippen molar-refractivity contribution >= 4 is 15.9 Å². The zero-order chi connectivity index (χ0) is 19.3. The Morgan fingerprint density at radius 2 is 2.19 bits per heavy atom. The van der Waals surface area contributed by atoms with Crippen molar-refractivity contribution in [1.82, 2.24) is 9.62 Å². The number of carbonyl (C=O) groups is 1. The van der Waals surface area contributed by atoms with Gasteiger partial charge in [-0.05, 0) is 44.4 Å². The SMILES string of the molecule is CCC[C@@H](C)NC(=O)[C@@H]1CCCN(S(=O)(=O)c2cc(F)ccc2OC)C1. The van der Waals surface area contributed by atoms with Crippen LogP contribution in [0.15, 0.2) is 23.1 Å². The maximum absolute atomic E-state index is 13.6. The average Bonchev–Trinajstić information content (AvgIpc) is 2.62. The Bertz CT molecular complexity index is 739. The fourth-order valence-corrected chi connectivity index (χ4v) is 4.92. The Kier molecular flexibility index (Phi) is 7.00. The molecule has 0 aliphatic carbocycles. The number of nitrogens with zero attached hydrogens (tertiary/aromatic N) is 1. The number of sulfonamides is 1. The van der Waals surface area contributed by atoms with E-state index in [1.165, 1.54) is 17.5 Å². The van der Waals surface area contributed by atoms with Crippen LogP contribution in [0, 0.1) is 11.7 Å². The molecule has 26 heavy (non-hydrogen) atoms.